The number of hydrogen-bond donors (Lipinski definition) is 3. The van der Waals surface area contributed by atoms with Crippen LogP contribution in [0, 0.1) is 0 Å². The molecule has 1 heterocycles. The van der Waals surface area contributed by atoms with Gasteiger partial charge in [-0.2, -0.15) is 0 Å². The first kappa shape index (κ1) is 12.1. The summed E-state index contributed by atoms with van der Waals surface area (Å²) in [7, 11) is 0. The van der Waals surface area contributed by atoms with Crippen molar-refractivity contribution in [3.05, 3.63) is 29.3 Å². The van der Waals surface area contributed by atoms with Gasteiger partial charge in [-0.3, -0.25) is 4.79 Å². The highest BCUT2D eigenvalue weighted by Crippen LogP contribution is 2.26. The minimum atomic E-state index is 0.0430. The summed E-state index contributed by atoms with van der Waals surface area (Å²) in [6.07, 6.45) is 3.21. The highest BCUT2D eigenvalue weighted by molar-refractivity contribution is 5.93. The van der Waals surface area contributed by atoms with Crippen LogP contribution < -0.4 is 16.8 Å². The van der Waals surface area contributed by atoms with Gasteiger partial charge in [-0.05, 0) is 43.0 Å². The molecule has 17 heavy (non-hydrogen) atoms. The lowest BCUT2D eigenvalue weighted by atomic mass is 9.96. The third-order valence-corrected chi connectivity index (χ3v) is 3.17. The van der Waals surface area contributed by atoms with Gasteiger partial charge in [-0.25, -0.2) is 0 Å². The van der Waals surface area contributed by atoms with E-state index in [-0.39, 0.29) is 11.9 Å². The molecule has 0 aliphatic carbocycles. The lowest BCUT2D eigenvalue weighted by molar-refractivity contribution is -0.116. The number of benzene rings is 1. The van der Waals surface area contributed by atoms with Crippen LogP contribution in [0.2, 0.25) is 0 Å². The maximum absolute atomic E-state index is 11.2. The minimum absolute atomic E-state index is 0.0430. The summed E-state index contributed by atoms with van der Waals surface area (Å²) in [5.74, 6) is 0.0951. The average Bonchev–Trinajstić information content (AvgIpc) is 2.35. The van der Waals surface area contributed by atoms with Crippen molar-refractivity contribution in [2.24, 2.45) is 11.5 Å². The third-order valence-electron chi connectivity index (χ3n) is 3.17. The predicted molar refractivity (Wildman–Crippen MR) is 68.6 cm³/mol. The standard InChI is InChI=1S/C13H19N3O/c14-7-1-2-11(15)9-3-5-12-10(8-9)4-6-13(17)16-12/h3,5,8,11H,1-2,4,6-7,14-15H2,(H,16,17). The lowest BCUT2D eigenvalue weighted by Gasteiger charge is -2.19. The van der Waals surface area contributed by atoms with Crippen molar-refractivity contribution >= 4 is 11.6 Å². The van der Waals surface area contributed by atoms with Crippen LogP contribution >= 0.6 is 0 Å². The number of carbonyl (C=O) groups is 1. The normalized spacial score (nSPS) is 16.2. The minimum Gasteiger partial charge on any atom is -0.330 e. The van der Waals surface area contributed by atoms with Crippen molar-refractivity contribution in [3.63, 3.8) is 0 Å². The van der Waals surface area contributed by atoms with Gasteiger partial charge >= 0.3 is 0 Å². The monoisotopic (exact) mass is 233 g/mol. The third kappa shape index (κ3) is 2.84. The van der Waals surface area contributed by atoms with Crippen molar-refractivity contribution in [2.45, 2.75) is 31.7 Å². The van der Waals surface area contributed by atoms with Gasteiger partial charge in [0, 0.05) is 18.2 Å². The Balaban J connectivity index is 2.13. The van der Waals surface area contributed by atoms with Gasteiger partial charge in [-0.15, -0.1) is 0 Å². The van der Waals surface area contributed by atoms with Crippen LogP contribution in [-0.4, -0.2) is 12.5 Å². The molecule has 4 nitrogen and oxygen atoms in total. The Bertz CT molecular complexity index is 417. The van der Waals surface area contributed by atoms with Gasteiger partial charge in [0.05, 0.1) is 0 Å². The zero-order valence-electron chi connectivity index (χ0n) is 9.91. The first-order valence-electron chi connectivity index (χ1n) is 6.09. The highest BCUT2D eigenvalue weighted by atomic mass is 16.1. The van der Waals surface area contributed by atoms with Gasteiger partial charge < -0.3 is 16.8 Å². The SMILES string of the molecule is NCCCC(N)c1ccc2c(c1)CCC(=O)N2. The van der Waals surface area contributed by atoms with E-state index in [0.29, 0.717) is 13.0 Å². The largest absolute Gasteiger partial charge is 0.330 e. The molecule has 2 rings (SSSR count). The summed E-state index contributed by atoms with van der Waals surface area (Å²) in [6, 6.07) is 6.09. The number of hydrogen-bond acceptors (Lipinski definition) is 3. The van der Waals surface area contributed by atoms with Crippen LogP contribution in [-0.2, 0) is 11.2 Å². The number of anilines is 1. The summed E-state index contributed by atoms with van der Waals surface area (Å²) in [5, 5.41) is 2.87. The fourth-order valence-electron chi connectivity index (χ4n) is 2.14. The molecule has 92 valence electrons. The highest BCUT2D eigenvalue weighted by Gasteiger charge is 2.16. The molecule has 5 N–H and O–H groups in total. The second-order valence-corrected chi connectivity index (χ2v) is 4.50. The first-order chi connectivity index (χ1) is 8.20. The Morgan fingerprint density at radius 3 is 2.94 bits per heavy atom. The van der Waals surface area contributed by atoms with Crippen molar-refractivity contribution in [2.75, 3.05) is 11.9 Å². The summed E-state index contributed by atoms with van der Waals surface area (Å²) in [4.78, 5) is 11.2. The van der Waals surface area contributed by atoms with Crippen LogP contribution in [0.15, 0.2) is 18.2 Å². The Hall–Kier alpha value is -1.39. The van der Waals surface area contributed by atoms with Crippen LogP contribution in [0.4, 0.5) is 5.69 Å². The molecule has 1 aliphatic rings. The molecule has 0 saturated heterocycles. The smallest absolute Gasteiger partial charge is 0.224 e. The molecule has 0 aromatic heterocycles. The number of amides is 1. The van der Waals surface area contributed by atoms with Crippen molar-refractivity contribution in [3.8, 4) is 0 Å². The Labute approximate surface area is 101 Å². The van der Waals surface area contributed by atoms with Crippen LogP contribution in [0.1, 0.15) is 36.4 Å². The van der Waals surface area contributed by atoms with E-state index in [0.717, 1.165) is 30.5 Å². The number of fused-ring (bicyclic) bond motifs is 1. The van der Waals surface area contributed by atoms with E-state index in [4.69, 9.17) is 11.5 Å². The van der Waals surface area contributed by atoms with E-state index in [1.165, 1.54) is 5.56 Å². The molecular weight excluding hydrogens is 214 g/mol. The summed E-state index contributed by atoms with van der Waals surface area (Å²) in [6.45, 7) is 0.675. The Morgan fingerprint density at radius 1 is 1.35 bits per heavy atom. The zero-order valence-corrected chi connectivity index (χ0v) is 9.91. The Morgan fingerprint density at radius 2 is 2.18 bits per heavy atom. The summed E-state index contributed by atoms with van der Waals surface area (Å²) in [5.41, 5.74) is 14.8. The van der Waals surface area contributed by atoms with E-state index >= 15 is 0 Å². The molecule has 1 aromatic carbocycles. The quantitative estimate of drug-likeness (QED) is 0.733. The molecule has 0 bridgehead atoms. The van der Waals surface area contributed by atoms with E-state index in [9.17, 15) is 4.79 Å². The second-order valence-electron chi connectivity index (χ2n) is 4.50. The van der Waals surface area contributed by atoms with E-state index < -0.39 is 0 Å². The second kappa shape index (κ2) is 5.29. The number of aryl methyl sites for hydroxylation is 1. The van der Waals surface area contributed by atoms with Gasteiger partial charge in [0.15, 0.2) is 0 Å². The van der Waals surface area contributed by atoms with Crippen molar-refractivity contribution in [1.29, 1.82) is 0 Å². The molecular formula is C13H19N3O. The maximum Gasteiger partial charge on any atom is 0.224 e. The van der Waals surface area contributed by atoms with Crippen LogP contribution in [0.25, 0.3) is 0 Å². The van der Waals surface area contributed by atoms with Gasteiger partial charge in [-0.1, -0.05) is 12.1 Å². The van der Waals surface area contributed by atoms with Gasteiger partial charge in [0.1, 0.15) is 0 Å². The van der Waals surface area contributed by atoms with Crippen molar-refractivity contribution in [1.82, 2.24) is 0 Å². The molecule has 1 aliphatic heterocycles. The molecule has 0 spiro atoms. The Kier molecular flexibility index (Phi) is 3.76. The predicted octanol–water partition coefficient (Wildman–Crippen LogP) is 1.31. The summed E-state index contributed by atoms with van der Waals surface area (Å²) >= 11 is 0. The molecule has 4 heteroatoms. The molecule has 1 aromatic rings. The van der Waals surface area contributed by atoms with E-state index in [2.05, 4.69) is 11.4 Å². The summed E-state index contributed by atoms with van der Waals surface area (Å²) < 4.78 is 0. The number of nitrogens with one attached hydrogen (secondary N) is 1. The number of nitrogens with two attached hydrogens (primary N) is 2. The lowest BCUT2D eigenvalue weighted by Crippen LogP contribution is -2.20. The topological polar surface area (TPSA) is 81.1 Å². The average molecular weight is 233 g/mol. The van der Waals surface area contributed by atoms with E-state index in [1.807, 2.05) is 12.1 Å². The fourth-order valence-corrected chi connectivity index (χ4v) is 2.14. The van der Waals surface area contributed by atoms with Gasteiger partial charge in [0.2, 0.25) is 5.91 Å². The maximum atomic E-state index is 11.2. The molecule has 0 fully saturated rings. The first-order valence-corrected chi connectivity index (χ1v) is 6.09. The molecule has 1 unspecified atom stereocenters. The molecule has 1 atom stereocenters. The van der Waals surface area contributed by atoms with Gasteiger partial charge in [0.25, 0.3) is 0 Å². The van der Waals surface area contributed by atoms with E-state index in [1.54, 1.807) is 0 Å². The molecule has 0 saturated carbocycles. The van der Waals surface area contributed by atoms with Crippen LogP contribution in [0.3, 0.4) is 0 Å². The molecule has 1 amide bonds. The number of rotatable bonds is 4. The van der Waals surface area contributed by atoms with Crippen molar-refractivity contribution < 1.29 is 4.79 Å². The fraction of sp³-hybridized carbons (Fsp3) is 0.462. The molecule has 0 radical (unpaired) electrons. The zero-order chi connectivity index (χ0) is 12.3. The number of carbonyl (C=O) groups excluding carboxylic acids is 1. The van der Waals surface area contributed by atoms with Crippen LogP contribution in [0.5, 0.6) is 0 Å².